The number of rotatable bonds is 11. The first-order valence-electron chi connectivity index (χ1n) is 11.4. The highest BCUT2D eigenvalue weighted by molar-refractivity contribution is 7.89. The van der Waals surface area contributed by atoms with E-state index in [4.69, 9.17) is 21.1 Å². The lowest BCUT2D eigenvalue weighted by Gasteiger charge is -2.27. The first kappa shape index (κ1) is 29.9. The van der Waals surface area contributed by atoms with Crippen LogP contribution in [-0.2, 0) is 15.4 Å². The largest absolute Gasteiger partial charge is 0.491 e. The lowest BCUT2D eigenvalue weighted by molar-refractivity contribution is 0.316. The minimum absolute atomic E-state index is 0.0326. The number of hydrogen-bond acceptors (Lipinski definition) is 6. The highest BCUT2D eigenvalue weighted by Crippen LogP contribution is 2.38. The molecular formula is C27H31ClFN3O4S. The van der Waals surface area contributed by atoms with E-state index in [0.717, 1.165) is 23.8 Å². The molecule has 2 aromatic carbocycles. The zero-order valence-electron chi connectivity index (χ0n) is 21.6. The quantitative estimate of drug-likeness (QED) is 0.221. The van der Waals surface area contributed by atoms with E-state index in [0.29, 0.717) is 28.7 Å². The smallest absolute Gasteiger partial charge is 0.231 e. The molecule has 0 unspecified atom stereocenters. The third kappa shape index (κ3) is 7.81. The number of nitriles is 1. The summed E-state index contributed by atoms with van der Waals surface area (Å²) < 4.78 is 51.1. The second-order valence-corrected chi connectivity index (χ2v) is 10.9. The van der Waals surface area contributed by atoms with Gasteiger partial charge in [-0.25, -0.2) is 12.8 Å². The number of sulfonamides is 1. The molecule has 0 bridgehead atoms. The molecule has 0 aliphatic rings. The van der Waals surface area contributed by atoms with Crippen LogP contribution in [0.4, 0.5) is 4.39 Å². The molecule has 10 heteroatoms. The van der Waals surface area contributed by atoms with Gasteiger partial charge in [0.2, 0.25) is 10.0 Å². The number of ether oxygens (including phenoxy) is 2. The summed E-state index contributed by atoms with van der Waals surface area (Å²) >= 11 is 6.46. The Morgan fingerprint density at radius 1 is 1.24 bits per heavy atom. The maximum Gasteiger partial charge on any atom is 0.231 e. The SMILES string of the molecule is C=C/C(COc1ccc(C(C)(C)c2cc(Cl)c(OCCC)c(C#N)c2)cc1)=C(/F)C(=NC)NS(C)(=O)=O. The van der Waals surface area contributed by atoms with Crippen molar-refractivity contribution in [1.29, 1.82) is 5.26 Å². The molecule has 7 nitrogen and oxygen atoms in total. The fourth-order valence-corrected chi connectivity index (χ4v) is 4.22. The van der Waals surface area contributed by atoms with E-state index in [2.05, 4.69) is 17.6 Å². The molecule has 2 rings (SSSR count). The second kappa shape index (κ2) is 12.7. The van der Waals surface area contributed by atoms with Gasteiger partial charge in [-0.2, -0.15) is 5.26 Å². The van der Waals surface area contributed by atoms with Crippen molar-refractivity contribution in [3.63, 3.8) is 0 Å². The Hall–Kier alpha value is -3.35. The van der Waals surface area contributed by atoms with Gasteiger partial charge in [-0.3, -0.25) is 9.71 Å². The minimum Gasteiger partial charge on any atom is -0.491 e. The van der Waals surface area contributed by atoms with Crippen LogP contribution in [0.25, 0.3) is 0 Å². The molecule has 37 heavy (non-hydrogen) atoms. The molecule has 198 valence electrons. The van der Waals surface area contributed by atoms with Crippen LogP contribution in [0.5, 0.6) is 11.5 Å². The topological polar surface area (TPSA) is 101 Å². The molecule has 0 radical (unpaired) electrons. The molecule has 0 aliphatic heterocycles. The monoisotopic (exact) mass is 547 g/mol. The average Bonchev–Trinajstić information content (AvgIpc) is 2.86. The molecule has 0 atom stereocenters. The van der Waals surface area contributed by atoms with Crippen LogP contribution in [0.3, 0.4) is 0 Å². The molecule has 0 spiro atoms. The Kier molecular flexibility index (Phi) is 10.3. The van der Waals surface area contributed by atoms with Crippen molar-refractivity contribution in [2.75, 3.05) is 26.5 Å². The summed E-state index contributed by atoms with van der Waals surface area (Å²) in [7, 11) is -2.44. The normalized spacial score (nSPS) is 12.9. The van der Waals surface area contributed by atoms with Crippen molar-refractivity contribution in [3.05, 3.63) is 82.2 Å². The van der Waals surface area contributed by atoms with Gasteiger partial charge in [0.15, 0.2) is 17.4 Å². The predicted molar refractivity (Wildman–Crippen MR) is 146 cm³/mol. The zero-order valence-corrected chi connectivity index (χ0v) is 23.1. The van der Waals surface area contributed by atoms with Crippen molar-refractivity contribution >= 4 is 27.5 Å². The summed E-state index contributed by atoms with van der Waals surface area (Å²) in [6, 6.07) is 13.0. The van der Waals surface area contributed by atoms with Crippen LogP contribution < -0.4 is 14.2 Å². The molecule has 0 saturated carbocycles. The van der Waals surface area contributed by atoms with Crippen LogP contribution >= 0.6 is 11.6 Å². The Morgan fingerprint density at radius 3 is 2.41 bits per heavy atom. The number of nitrogens with one attached hydrogen (secondary N) is 1. The van der Waals surface area contributed by atoms with E-state index >= 15 is 0 Å². The summed E-state index contributed by atoms with van der Waals surface area (Å²) in [6.07, 6.45) is 2.94. The standard InChI is InChI=1S/C27H31ClFN3O4S/c1-7-13-35-25-19(16-30)14-21(15-23(25)28)27(3,4)20-9-11-22(12-10-20)36-17-18(8-2)24(29)26(31-5)32-37(6,33)34/h8-12,14-15H,2,7,13,17H2,1,3-6H3,(H,31,32)/b24-18-. The lowest BCUT2D eigenvalue weighted by Crippen LogP contribution is -2.30. The van der Waals surface area contributed by atoms with E-state index in [9.17, 15) is 18.1 Å². The van der Waals surface area contributed by atoms with Gasteiger partial charge in [-0.05, 0) is 41.8 Å². The molecule has 0 aliphatic carbocycles. The van der Waals surface area contributed by atoms with Gasteiger partial charge in [-0.1, -0.05) is 57.2 Å². The van der Waals surface area contributed by atoms with E-state index < -0.39 is 27.1 Å². The van der Waals surface area contributed by atoms with Gasteiger partial charge in [0, 0.05) is 18.0 Å². The minimum atomic E-state index is -3.71. The molecule has 2 aromatic rings. The number of halogens is 2. The van der Waals surface area contributed by atoms with Crippen molar-refractivity contribution < 1.29 is 22.3 Å². The fraction of sp³-hybridized carbons (Fsp3) is 0.333. The predicted octanol–water partition coefficient (Wildman–Crippen LogP) is 5.69. The summed E-state index contributed by atoms with van der Waals surface area (Å²) in [5, 5.41) is 10.0. The van der Waals surface area contributed by atoms with Crippen molar-refractivity contribution in [2.24, 2.45) is 4.99 Å². The fourth-order valence-electron chi connectivity index (χ4n) is 3.41. The summed E-state index contributed by atoms with van der Waals surface area (Å²) in [5.74, 6) is -0.454. The van der Waals surface area contributed by atoms with Crippen molar-refractivity contribution in [2.45, 2.75) is 32.6 Å². The Labute approximate surface area is 223 Å². The number of amidine groups is 1. The van der Waals surface area contributed by atoms with Crippen LogP contribution in [-0.4, -0.2) is 40.8 Å². The Morgan fingerprint density at radius 2 is 1.89 bits per heavy atom. The number of hydrogen-bond donors (Lipinski definition) is 1. The van der Waals surface area contributed by atoms with Gasteiger partial charge in [0.1, 0.15) is 18.4 Å². The number of benzene rings is 2. The van der Waals surface area contributed by atoms with Gasteiger partial charge in [-0.15, -0.1) is 0 Å². The Bertz CT molecular complexity index is 1340. The van der Waals surface area contributed by atoms with E-state index in [1.165, 1.54) is 13.1 Å². The van der Waals surface area contributed by atoms with Crippen molar-refractivity contribution in [1.82, 2.24) is 4.72 Å². The van der Waals surface area contributed by atoms with Gasteiger partial charge in [0.25, 0.3) is 0 Å². The highest BCUT2D eigenvalue weighted by Gasteiger charge is 2.26. The molecule has 0 amide bonds. The highest BCUT2D eigenvalue weighted by atomic mass is 35.5. The van der Waals surface area contributed by atoms with Crippen LogP contribution in [0, 0.1) is 11.3 Å². The summed E-state index contributed by atoms with van der Waals surface area (Å²) in [6.45, 7) is 9.85. The maximum atomic E-state index is 14.8. The molecule has 0 fully saturated rings. The lowest BCUT2D eigenvalue weighted by atomic mass is 9.77. The van der Waals surface area contributed by atoms with Gasteiger partial charge >= 0.3 is 0 Å². The van der Waals surface area contributed by atoms with Gasteiger partial charge in [0.05, 0.1) is 23.4 Å². The molecule has 0 aromatic heterocycles. The molecule has 0 saturated heterocycles. The van der Waals surface area contributed by atoms with E-state index in [1.54, 1.807) is 24.3 Å². The van der Waals surface area contributed by atoms with Gasteiger partial charge < -0.3 is 9.47 Å². The molecule has 1 N–H and O–H groups in total. The maximum absolute atomic E-state index is 14.8. The summed E-state index contributed by atoms with van der Waals surface area (Å²) in [4.78, 5) is 3.66. The second-order valence-electron chi connectivity index (χ2n) is 8.72. The number of nitrogens with zero attached hydrogens (tertiary/aromatic N) is 2. The van der Waals surface area contributed by atoms with Crippen LogP contribution in [0.1, 0.15) is 43.9 Å². The third-order valence-electron chi connectivity index (χ3n) is 5.55. The van der Waals surface area contributed by atoms with Crippen LogP contribution in [0.2, 0.25) is 5.02 Å². The molecule has 0 heterocycles. The van der Waals surface area contributed by atoms with E-state index in [-0.39, 0.29) is 12.2 Å². The molecular weight excluding hydrogens is 517 g/mol. The third-order valence-corrected chi connectivity index (χ3v) is 6.39. The van der Waals surface area contributed by atoms with Crippen molar-refractivity contribution in [3.8, 4) is 17.6 Å². The Balaban J connectivity index is 2.26. The van der Waals surface area contributed by atoms with Crippen LogP contribution in [0.15, 0.2) is 65.4 Å². The first-order valence-corrected chi connectivity index (χ1v) is 13.7. The average molecular weight is 548 g/mol. The zero-order chi connectivity index (χ0) is 27.8. The first-order chi connectivity index (χ1) is 17.4. The summed E-state index contributed by atoms with van der Waals surface area (Å²) in [5.41, 5.74) is 1.68. The van der Waals surface area contributed by atoms with E-state index in [1.807, 2.05) is 37.6 Å². The number of aliphatic imine (C=N–C) groups is 1.